The van der Waals surface area contributed by atoms with E-state index in [9.17, 15) is 15.0 Å². The summed E-state index contributed by atoms with van der Waals surface area (Å²) in [5, 5.41) is 20.3. The van der Waals surface area contributed by atoms with Gasteiger partial charge in [-0.3, -0.25) is 4.90 Å². The number of piperidine rings is 1. The maximum absolute atomic E-state index is 11.4. The minimum absolute atomic E-state index is 0.231. The quantitative estimate of drug-likeness (QED) is 0.833. The van der Waals surface area contributed by atoms with Gasteiger partial charge in [0.2, 0.25) is 0 Å². The number of likely N-dealkylation sites (tertiary alicyclic amines) is 1. The predicted octanol–water partition coefficient (Wildman–Crippen LogP) is 3.10. The first-order valence-corrected chi connectivity index (χ1v) is 8.91. The van der Waals surface area contributed by atoms with Gasteiger partial charge in [-0.25, -0.2) is 4.79 Å². The Morgan fingerprint density at radius 3 is 2.69 bits per heavy atom. The van der Waals surface area contributed by atoms with E-state index < -0.39 is 11.6 Å². The van der Waals surface area contributed by atoms with Crippen molar-refractivity contribution in [1.82, 2.24) is 4.90 Å². The summed E-state index contributed by atoms with van der Waals surface area (Å²) < 4.78 is 5.87. The van der Waals surface area contributed by atoms with E-state index in [0.29, 0.717) is 25.1 Å². The van der Waals surface area contributed by atoms with Gasteiger partial charge in [0.05, 0.1) is 5.56 Å². The van der Waals surface area contributed by atoms with Crippen molar-refractivity contribution in [1.29, 1.82) is 0 Å². The van der Waals surface area contributed by atoms with Crippen LogP contribution in [0.1, 0.15) is 34.3 Å². The van der Waals surface area contributed by atoms with Gasteiger partial charge in [0.25, 0.3) is 0 Å². The van der Waals surface area contributed by atoms with E-state index in [0.717, 1.165) is 29.8 Å². The number of ether oxygens (including phenoxy) is 1. The number of hydrogen-bond acceptors (Lipinski definition) is 4. The SMILES string of the molecule is Cc1ccccc1OCC1(O)CCCN(Cc2ccccc2C(=O)O)C1. The summed E-state index contributed by atoms with van der Waals surface area (Å²) in [4.78, 5) is 13.5. The molecule has 2 aromatic carbocycles. The molecular weight excluding hydrogens is 330 g/mol. The number of aryl methyl sites for hydroxylation is 1. The second-order valence-electron chi connectivity index (χ2n) is 7.06. The Bertz CT molecular complexity index is 776. The molecule has 1 aliphatic rings. The van der Waals surface area contributed by atoms with E-state index in [1.54, 1.807) is 12.1 Å². The van der Waals surface area contributed by atoms with Crippen LogP contribution in [-0.2, 0) is 6.54 Å². The molecule has 2 N–H and O–H groups in total. The van der Waals surface area contributed by atoms with Crippen molar-refractivity contribution in [3.05, 3.63) is 65.2 Å². The number of benzene rings is 2. The van der Waals surface area contributed by atoms with Gasteiger partial charge < -0.3 is 14.9 Å². The fraction of sp³-hybridized carbons (Fsp3) is 0.381. The first kappa shape index (κ1) is 18.4. The van der Waals surface area contributed by atoms with Crippen LogP contribution in [0.2, 0.25) is 0 Å². The molecule has 0 saturated carbocycles. The molecule has 1 atom stereocenters. The molecule has 26 heavy (non-hydrogen) atoms. The van der Waals surface area contributed by atoms with Gasteiger partial charge in [-0.2, -0.15) is 0 Å². The number of carboxylic acid groups (broad SMARTS) is 1. The van der Waals surface area contributed by atoms with Crippen LogP contribution < -0.4 is 4.74 Å². The molecule has 0 aliphatic carbocycles. The molecular formula is C21H25NO4. The number of β-amino-alcohol motifs (C(OH)–C–C–N with tert-alkyl or cyclic N) is 1. The van der Waals surface area contributed by atoms with Crippen molar-refractivity contribution in [2.75, 3.05) is 19.7 Å². The molecule has 0 radical (unpaired) electrons. The number of nitrogens with zero attached hydrogens (tertiary/aromatic N) is 1. The van der Waals surface area contributed by atoms with Crippen LogP contribution in [0.25, 0.3) is 0 Å². The molecule has 1 fully saturated rings. The van der Waals surface area contributed by atoms with Gasteiger partial charge in [0, 0.05) is 13.1 Å². The fourth-order valence-corrected chi connectivity index (χ4v) is 3.50. The Labute approximate surface area is 153 Å². The molecule has 5 heteroatoms. The number of aromatic carboxylic acids is 1. The molecule has 0 bridgehead atoms. The first-order valence-electron chi connectivity index (χ1n) is 8.91. The highest BCUT2D eigenvalue weighted by atomic mass is 16.5. The number of hydrogen-bond donors (Lipinski definition) is 2. The van der Waals surface area contributed by atoms with Crippen molar-refractivity contribution >= 4 is 5.97 Å². The standard InChI is InChI=1S/C21H25NO4/c1-16-7-2-5-10-19(16)26-15-21(25)11-6-12-22(14-21)13-17-8-3-4-9-18(17)20(23)24/h2-5,7-10,25H,6,11-15H2,1H3,(H,23,24). The summed E-state index contributed by atoms with van der Waals surface area (Å²) in [5.74, 6) is -0.134. The van der Waals surface area contributed by atoms with Gasteiger partial charge in [0.15, 0.2) is 0 Å². The molecule has 0 spiro atoms. The Morgan fingerprint density at radius 1 is 1.19 bits per heavy atom. The summed E-state index contributed by atoms with van der Waals surface area (Å²) in [6.45, 7) is 4.02. The number of aliphatic hydroxyl groups is 1. The Morgan fingerprint density at radius 2 is 1.92 bits per heavy atom. The van der Waals surface area contributed by atoms with Gasteiger partial charge in [-0.05, 0) is 49.6 Å². The van der Waals surface area contributed by atoms with Crippen LogP contribution in [-0.4, -0.2) is 46.4 Å². The summed E-state index contributed by atoms with van der Waals surface area (Å²) >= 11 is 0. The van der Waals surface area contributed by atoms with Crippen LogP contribution in [0, 0.1) is 6.92 Å². The van der Waals surface area contributed by atoms with E-state index in [4.69, 9.17) is 4.74 Å². The van der Waals surface area contributed by atoms with Gasteiger partial charge in [-0.1, -0.05) is 36.4 Å². The number of carboxylic acids is 1. The van der Waals surface area contributed by atoms with Crippen molar-refractivity contribution in [3.63, 3.8) is 0 Å². The average Bonchev–Trinajstić information content (AvgIpc) is 2.61. The van der Waals surface area contributed by atoms with Crippen molar-refractivity contribution < 1.29 is 19.7 Å². The Kier molecular flexibility index (Phi) is 5.59. The highest BCUT2D eigenvalue weighted by molar-refractivity contribution is 5.89. The smallest absolute Gasteiger partial charge is 0.336 e. The maximum atomic E-state index is 11.4. The Balaban J connectivity index is 1.65. The zero-order valence-electron chi connectivity index (χ0n) is 15.0. The second kappa shape index (κ2) is 7.89. The third kappa shape index (κ3) is 4.42. The fourth-order valence-electron chi connectivity index (χ4n) is 3.50. The van der Waals surface area contributed by atoms with Crippen LogP contribution in [0.15, 0.2) is 48.5 Å². The monoisotopic (exact) mass is 355 g/mol. The number of carbonyl (C=O) groups is 1. The van der Waals surface area contributed by atoms with E-state index in [2.05, 4.69) is 4.90 Å². The van der Waals surface area contributed by atoms with E-state index >= 15 is 0 Å². The van der Waals surface area contributed by atoms with Gasteiger partial charge >= 0.3 is 5.97 Å². The maximum Gasteiger partial charge on any atom is 0.336 e. The highest BCUT2D eigenvalue weighted by Crippen LogP contribution is 2.26. The van der Waals surface area contributed by atoms with Crippen LogP contribution in [0.3, 0.4) is 0 Å². The van der Waals surface area contributed by atoms with Gasteiger partial charge in [0.1, 0.15) is 18.0 Å². The molecule has 1 aliphatic heterocycles. The number of para-hydroxylation sites is 1. The molecule has 5 nitrogen and oxygen atoms in total. The first-order chi connectivity index (χ1) is 12.5. The largest absolute Gasteiger partial charge is 0.490 e. The van der Waals surface area contributed by atoms with E-state index in [1.807, 2.05) is 43.3 Å². The number of rotatable bonds is 6. The molecule has 1 heterocycles. The zero-order valence-corrected chi connectivity index (χ0v) is 15.0. The van der Waals surface area contributed by atoms with Crippen molar-refractivity contribution in [2.24, 2.45) is 0 Å². The molecule has 1 unspecified atom stereocenters. The van der Waals surface area contributed by atoms with E-state index in [-0.39, 0.29) is 6.61 Å². The van der Waals surface area contributed by atoms with E-state index in [1.165, 1.54) is 0 Å². The van der Waals surface area contributed by atoms with Crippen LogP contribution >= 0.6 is 0 Å². The zero-order chi connectivity index (χ0) is 18.6. The van der Waals surface area contributed by atoms with Crippen molar-refractivity contribution in [2.45, 2.75) is 31.9 Å². The minimum atomic E-state index is -0.932. The van der Waals surface area contributed by atoms with Gasteiger partial charge in [-0.15, -0.1) is 0 Å². The highest BCUT2D eigenvalue weighted by Gasteiger charge is 2.34. The summed E-state index contributed by atoms with van der Waals surface area (Å²) in [7, 11) is 0. The lowest BCUT2D eigenvalue weighted by Gasteiger charge is -2.39. The van der Waals surface area contributed by atoms with Crippen LogP contribution in [0.4, 0.5) is 0 Å². The second-order valence-corrected chi connectivity index (χ2v) is 7.06. The molecule has 2 aromatic rings. The summed E-state index contributed by atoms with van der Waals surface area (Å²) in [6, 6.07) is 14.8. The summed E-state index contributed by atoms with van der Waals surface area (Å²) in [5.41, 5.74) is 1.19. The minimum Gasteiger partial charge on any atom is -0.490 e. The predicted molar refractivity (Wildman–Crippen MR) is 99.5 cm³/mol. The lowest BCUT2D eigenvalue weighted by Crippen LogP contribution is -2.51. The topological polar surface area (TPSA) is 70.0 Å². The molecule has 138 valence electrons. The molecule has 1 saturated heterocycles. The average molecular weight is 355 g/mol. The van der Waals surface area contributed by atoms with Crippen molar-refractivity contribution in [3.8, 4) is 5.75 Å². The lowest BCUT2D eigenvalue weighted by molar-refractivity contribution is -0.0622. The third-order valence-electron chi connectivity index (χ3n) is 4.87. The normalized spacial score (nSPS) is 20.7. The molecule has 0 aromatic heterocycles. The Hall–Kier alpha value is -2.37. The van der Waals surface area contributed by atoms with Crippen LogP contribution in [0.5, 0.6) is 5.75 Å². The summed E-state index contributed by atoms with van der Waals surface area (Å²) in [6.07, 6.45) is 1.53. The lowest BCUT2D eigenvalue weighted by atomic mass is 9.93. The molecule has 3 rings (SSSR count). The third-order valence-corrected chi connectivity index (χ3v) is 4.87. The molecule has 0 amide bonds.